The number of halogens is 1. The minimum absolute atomic E-state index is 0.0301. The van der Waals surface area contributed by atoms with E-state index in [0.29, 0.717) is 5.02 Å². The van der Waals surface area contributed by atoms with Gasteiger partial charge in [0.25, 0.3) is 0 Å². The molecule has 1 atom stereocenters. The number of nitrogens with zero attached hydrogens (tertiary/aromatic N) is 2. The fraction of sp³-hybridized carbons (Fsp3) is 0.727. The Morgan fingerprint density at radius 1 is 1.62 bits per heavy atom. The molecule has 1 unspecified atom stereocenters. The Labute approximate surface area is 101 Å². The standard InChI is InChI=1S/C11H20ClN3O/c1-3-11(13,8-16)5-4-6-15-9(2)10(12)7-14-15/h7,16H,3-6,8,13H2,1-2H3. The van der Waals surface area contributed by atoms with Gasteiger partial charge in [0.1, 0.15) is 0 Å². The van der Waals surface area contributed by atoms with Gasteiger partial charge in [-0.15, -0.1) is 0 Å². The first kappa shape index (κ1) is 13.5. The maximum absolute atomic E-state index is 9.17. The molecule has 0 fully saturated rings. The van der Waals surface area contributed by atoms with Crippen LogP contribution in [-0.2, 0) is 6.54 Å². The highest BCUT2D eigenvalue weighted by molar-refractivity contribution is 6.31. The minimum atomic E-state index is -0.454. The van der Waals surface area contributed by atoms with Crippen LogP contribution in [0.15, 0.2) is 6.20 Å². The molecule has 0 radical (unpaired) electrons. The van der Waals surface area contributed by atoms with Crippen molar-refractivity contribution in [1.29, 1.82) is 0 Å². The summed E-state index contributed by atoms with van der Waals surface area (Å²) in [5.41, 5.74) is 6.52. The van der Waals surface area contributed by atoms with Crippen molar-refractivity contribution in [3.8, 4) is 0 Å². The summed E-state index contributed by atoms with van der Waals surface area (Å²) in [4.78, 5) is 0. The second-order valence-electron chi connectivity index (χ2n) is 4.28. The van der Waals surface area contributed by atoms with Gasteiger partial charge in [-0.2, -0.15) is 5.10 Å². The van der Waals surface area contributed by atoms with Crippen LogP contribution in [0.3, 0.4) is 0 Å². The molecular weight excluding hydrogens is 226 g/mol. The fourth-order valence-electron chi connectivity index (χ4n) is 1.60. The van der Waals surface area contributed by atoms with Crippen LogP contribution >= 0.6 is 11.6 Å². The number of aliphatic hydroxyl groups excluding tert-OH is 1. The molecule has 0 spiro atoms. The first-order chi connectivity index (χ1) is 7.52. The summed E-state index contributed by atoms with van der Waals surface area (Å²) in [5.74, 6) is 0. The lowest BCUT2D eigenvalue weighted by molar-refractivity contribution is 0.178. The van der Waals surface area contributed by atoms with Crippen molar-refractivity contribution in [1.82, 2.24) is 9.78 Å². The Balaban J connectivity index is 2.44. The number of aromatic nitrogens is 2. The average molecular weight is 246 g/mol. The largest absolute Gasteiger partial charge is 0.394 e. The number of aliphatic hydroxyl groups is 1. The van der Waals surface area contributed by atoms with E-state index in [1.54, 1.807) is 6.20 Å². The molecule has 1 aromatic heterocycles. The van der Waals surface area contributed by atoms with Gasteiger partial charge in [0, 0.05) is 12.1 Å². The molecule has 0 aliphatic rings. The third-order valence-corrected chi connectivity index (χ3v) is 3.48. The molecule has 5 heteroatoms. The molecule has 4 nitrogen and oxygen atoms in total. The summed E-state index contributed by atoms with van der Waals surface area (Å²) in [5, 5.41) is 14.0. The monoisotopic (exact) mass is 245 g/mol. The number of hydrogen-bond acceptors (Lipinski definition) is 3. The fourth-order valence-corrected chi connectivity index (χ4v) is 1.74. The van der Waals surface area contributed by atoms with Gasteiger partial charge in [-0.1, -0.05) is 18.5 Å². The van der Waals surface area contributed by atoms with E-state index >= 15 is 0 Å². The lowest BCUT2D eigenvalue weighted by Gasteiger charge is -2.25. The lowest BCUT2D eigenvalue weighted by Crippen LogP contribution is -2.43. The number of nitrogens with two attached hydrogens (primary N) is 1. The predicted molar refractivity (Wildman–Crippen MR) is 65.5 cm³/mol. The van der Waals surface area contributed by atoms with Crippen molar-refractivity contribution in [2.45, 2.75) is 45.2 Å². The first-order valence-corrected chi connectivity index (χ1v) is 5.98. The zero-order chi connectivity index (χ0) is 12.2. The Kier molecular flexibility index (Phi) is 4.77. The van der Waals surface area contributed by atoms with Gasteiger partial charge in [-0.25, -0.2) is 0 Å². The third-order valence-electron chi connectivity index (χ3n) is 3.11. The molecular formula is C11H20ClN3O. The van der Waals surface area contributed by atoms with Crippen LogP contribution in [-0.4, -0.2) is 27.0 Å². The van der Waals surface area contributed by atoms with Crippen LogP contribution < -0.4 is 5.73 Å². The van der Waals surface area contributed by atoms with Crippen LogP contribution in [0.2, 0.25) is 5.02 Å². The van der Waals surface area contributed by atoms with Gasteiger partial charge in [-0.05, 0) is 26.2 Å². The van der Waals surface area contributed by atoms with Gasteiger partial charge in [-0.3, -0.25) is 4.68 Å². The average Bonchev–Trinajstić information content (AvgIpc) is 2.60. The summed E-state index contributed by atoms with van der Waals surface area (Å²) in [7, 11) is 0. The van der Waals surface area contributed by atoms with Crippen LogP contribution in [0.4, 0.5) is 0 Å². The SMILES string of the molecule is CCC(N)(CO)CCCn1ncc(Cl)c1C. The van der Waals surface area contributed by atoms with Gasteiger partial charge >= 0.3 is 0 Å². The highest BCUT2D eigenvalue weighted by atomic mass is 35.5. The van der Waals surface area contributed by atoms with Crippen molar-refractivity contribution in [2.75, 3.05) is 6.61 Å². The number of aryl methyl sites for hydroxylation is 1. The normalized spacial score (nSPS) is 15.1. The van der Waals surface area contributed by atoms with Crippen LogP contribution in [0, 0.1) is 6.92 Å². The summed E-state index contributed by atoms with van der Waals surface area (Å²) < 4.78 is 1.87. The summed E-state index contributed by atoms with van der Waals surface area (Å²) in [6.07, 6.45) is 4.11. The quantitative estimate of drug-likeness (QED) is 0.802. The lowest BCUT2D eigenvalue weighted by atomic mass is 9.93. The van der Waals surface area contributed by atoms with Crippen LogP contribution in [0.25, 0.3) is 0 Å². The number of hydrogen-bond donors (Lipinski definition) is 2. The van der Waals surface area contributed by atoms with E-state index in [-0.39, 0.29) is 6.61 Å². The van der Waals surface area contributed by atoms with E-state index < -0.39 is 5.54 Å². The number of rotatable bonds is 6. The summed E-state index contributed by atoms with van der Waals surface area (Å²) in [6.45, 7) is 4.75. The molecule has 1 aromatic rings. The van der Waals surface area contributed by atoms with Crippen LogP contribution in [0.5, 0.6) is 0 Å². The zero-order valence-corrected chi connectivity index (χ0v) is 10.7. The van der Waals surface area contributed by atoms with Crippen molar-refractivity contribution in [2.24, 2.45) is 5.73 Å². The highest BCUT2D eigenvalue weighted by Crippen LogP contribution is 2.17. The molecule has 1 rings (SSSR count). The van der Waals surface area contributed by atoms with Gasteiger partial charge in [0.15, 0.2) is 0 Å². The molecule has 16 heavy (non-hydrogen) atoms. The van der Waals surface area contributed by atoms with E-state index in [1.807, 2.05) is 18.5 Å². The molecule has 0 aromatic carbocycles. The Bertz CT molecular complexity index is 334. The van der Waals surface area contributed by atoms with Gasteiger partial charge in [0.05, 0.1) is 23.5 Å². The summed E-state index contributed by atoms with van der Waals surface area (Å²) in [6, 6.07) is 0. The molecule has 0 bridgehead atoms. The van der Waals surface area contributed by atoms with E-state index in [9.17, 15) is 5.11 Å². The van der Waals surface area contributed by atoms with Gasteiger partial charge in [0.2, 0.25) is 0 Å². The predicted octanol–water partition coefficient (Wildman–Crippen LogP) is 1.72. The van der Waals surface area contributed by atoms with E-state index in [1.165, 1.54) is 0 Å². The first-order valence-electron chi connectivity index (χ1n) is 5.60. The second kappa shape index (κ2) is 5.66. The maximum atomic E-state index is 9.17. The Hall–Kier alpha value is -0.580. The zero-order valence-electron chi connectivity index (χ0n) is 9.91. The highest BCUT2D eigenvalue weighted by Gasteiger charge is 2.20. The van der Waals surface area contributed by atoms with E-state index in [2.05, 4.69) is 5.10 Å². The third kappa shape index (κ3) is 3.20. The van der Waals surface area contributed by atoms with Crippen molar-refractivity contribution in [3.05, 3.63) is 16.9 Å². The molecule has 0 amide bonds. The minimum Gasteiger partial charge on any atom is -0.394 e. The molecule has 0 saturated carbocycles. The molecule has 1 heterocycles. The maximum Gasteiger partial charge on any atom is 0.0814 e. The Morgan fingerprint density at radius 2 is 2.31 bits per heavy atom. The molecule has 0 aliphatic heterocycles. The van der Waals surface area contributed by atoms with Crippen molar-refractivity contribution >= 4 is 11.6 Å². The van der Waals surface area contributed by atoms with E-state index in [4.69, 9.17) is 17.3 Å². The molecule has 0 aliphatic carbocycles. The Morgan fingerprint density at radius 3 is 2.75 bits per heavy atom. The molecule has 3 N–H and O–H groups in total. The molecule has 0 saturated heterocycles. The van der Waals surface area contributed by atoms with Crippen molar-refractivity contribution in [3.63, 3.8) is 0 Å². The smallest absolute Gasteiger partial charge is 0.0814 e. The second-order valence-corrected chi connectivity index (χ2v) is 4.69. The summed E-state index contributed by atoms with van der Waals surface area (Å²) >= 11 is 5.90. The topological polar surface area (TPSA) is 64.1 Å². The van der Waals surface area contributed by atoms with E-state index in [0.717, 1.165) is 31.5 Å². The van der Waals surface area contributed by atoms with Crippen LogP contribution in [0.1, 0.15) is 31.9 Å². The van der Waals surface area contributed by atoms with Crippen molar-refractivity contribution < 1.29 is 5.11 Å². The molecule has 92 valence electrons. The van der Waals surface area contributed by atoms with Gasteiger partial charge < -0.3 is 10.8 Å².